The van der Waals surface area contributed by atoms with Crippen LogP contribution in [0.1, 0.15) is 22.9 Å². The molecule has 7 aromatic carbocycles. The predicted octanol–water partition coefficient (Wildman–Crippen LogP) is 11.4. The van der Waals surface area contributed by atoms with Gasteiger partial charge in [-0.3, -0.25) is 0 Å². The molecule has 0 radical (unpaired) electrons. The van der Waals surface area contributed by atoms with E-state index in [0.29, 0.717) is 17.5 Å². The Bertz CT molecular complexity index is 2880. The molecule has 2 unspecified atom stereocenters. The molecule has 2 aromatic heterocycles. The second-order valence-electron chi connectivity index (χ2n) is 13.6. The summed E-state index contributed by atoms with van der Waals surface area (Å²) in [6.07, 6.45) is 4.23. The van der Waals surface area contributed by atoms with Gasteiger partial charge in [-0.1, -0.05) is 115 Å². The number of benzene rings is 7. The molecule has 5 nitrogen and oxygen atoms in total. The minimum absolute atomic E-state index is 0.0915. The van der Waals surface area contributed by atoms with Gasteiger partial charge in [0.2, 0.25) is 0 Å². The Kier molecular flexibility index (Phi) is 6.31. The first-order valence-corrected chi connectivity index (χ1v) is 17.6. The van der Waals surface area contributed by atoms with E-state index in [1.54, 1.807) is 0 Å². The molecule has 0 saturated carbocycles. The second-order valence-corrected chi connectivity index (χ2v) is 13.6. The third-order valence-electron chi connectivity index (χ3n) is 10.5. The Labute approximate surface area is 299 Å². The maximum absolute atomic E-state index is 6.66. The minimum Gasteiger partial charge on any atom is -0.485 e. The summed E-state index contributed by atoms with van der Waals surface area (Å²) < 4.78 is 13.0. The molecule has 1 aliphatic heterocycles. The van der Waals surface area contributed by atoms with Crippen LogP contribution >= 0.6 is 0 Å². The third kappa shape index (κ3) is 4.67. The Morgan fingerprint density at radius 3 is 1.81 bits per heavy atom. The number of aromatic nitrogens is 3. The highest BCUT2D eigenvalue weighted by atomic mass is 16.5. The number of hydrogen-bond donors (Lipinski definition) is 0. The van der Waals surface area contributed by atoms with Crippen LogP contribution in [0, 0.1) is 0 Å². The summed E-state index contributed by atoms with van der Waals surface area (Å²) in [7, 11) is 0. The zero-order valence-electron chi connectivity index (χ0n) is 27.9. The zero-order chi connectivity index (χ0) is 34.2. The van der Waals surface area contributed by atoms with Gasteiger partial charge < -0.3 is 9.15 Å². The largest absolute Gasteiger partial charge is 0.485 e. The number of para-hydroxylation sites is 2. The molecule has 1 aliphatic carbocycles. The SMILES string of the molecule is C1=C(c2ccc3c(c2)oc2ccccc23)C=C(c2nc(-c3ccc4ccccc4c3)nc(-c3ccc4ccccc4c3)n2)C2c3ccccc3OC12. The number of ether oxygens (including phenoxy) is 1. The van der Waals surface area contributed by atoms with E-state index in [0.717, 1.165) is 71.9 Å². The van der Waals surface area contributed by atoms with Crippen LogP contribution in [-0.2, 0) is 0 Å². The van der Waals surface area contributed by atoms with Crippen molar-refractivity contribution in [3.8, 4) is 28.5 Å². The van der Waals surface area contributed by atoms with Gasteiger partial charge in [-0.15, -0.1) is 0 Å². The van der Waals surface area contributed by atoms with Crippen LogP contribution in [0.4, 0.5) is 0 Å². The minimum atomic E-state index is -0.233. The van der Waals surface area contributed by atoms with Gasteiger partial charge in [-0.2, -0.15) is 0 Å². The number of nitrogens with zero attached hydrogens (tertiary/aromatic N) is 3. The third-order valence-corrected chi connectivity index (χ3v) is 10.5. The molecule has 0 fully saturated rings. The standard InChI is InChI=1S/C47H29N3O2/c1-3-11-30-23-33(19-17-28(30)9-1)45-48-46(34-20-18-29-10-2-4-12-31(29)24-34)50-47(49-45)39-25-35(27-43-44(39)38-14-6-8-16-41(38)52-43)32-21-22-37-36-13-5-7-15-40(36)51-42(37)26-32/h1-27,43-44H. The van der Waals surface area contributed by atoms with Crippen molar-refractivity contribution in [2.75, 3.05) is 0 Å². The number of hydrogen-bond acceptors (Lipinski definition) is 5. The Morgan fingerprint density at radius 2 is 1.06 bits per heavy atom. The van der Waals surface area contributed by atoms with Crippen LogP contribution in [0.3, 0.4) is 0 Å². The van der Waals surface area contributed by atoms with Crippen LogP contribution < -0.4 is 4.74 Å². The number of allylic oxidation sites excluding steroid dienone is 2. The van der Waals surface area contributed by atoms with Gasteiger partial charge in [-0.05, 0) is 81.2 Å². The van der Waals surface area contributed by atoms with Crippen molar-refractivity contribution in [1.82, 2.24) is 15.0 Å². The lowest BCUT2D eigenvalue weighted by Crippen LogP contribution is -2.22. The molecule has 0 bridgehead atoms. The van der Waals surface area contributed by atoms with Crippen molar-refractivity contribution in [2.24, 2.45) is 0 Å². The van der Waals surface area contributed by atoms with Crippen molar-refractivity contribution < 1.29 is 9.15 Å². The van der Waals surface area contributed by atoms with Crippen molar-refractivity contribution >= 4 is 54.6 Å². The van der Waals surface area contributed by atoms with Crippen LogP contribution in [-0.4, -0.2) is 21.1 Å². The summed E-state index contributed by atoms with van der Waals surface area (Å²) >= 11 is 0. The van der Waals surface area contributed by atoms with Crippen molar-refractivity contribution in [3.05, 3.63) is 181 Å². The van der Waals surface area contributed by atoms with E-state index in [2.05, 4.69) is 133 Å². The smallest absolute Gasteiger partial charge is 0.164 e. The van der Waals surface area contributed by atoms with E-state index in [4.69, 9.17) is 24.1 Å². The molecule has 0 amide bonds. The van der Waals surface area contributed by atoms with E-state index < -0.39 is 0 Å². The monoisotopic (exact) mass is 667 g/mol. The lowest BCUT2D eigenvalue weighted by atomic mass is 9.80. The Balaban J connectivity index is 1.12. The summed E-state index contributed by atoms with van der Waals surface area (Å²) in [4.78, 5) is 15.7. The van der Waals surface area contributed by atoms with Gasteiger partial charge in [0.1, 0.15) is 23.0 Å². The number of rotatable bonds is 4. The summed E-state index contributed by atoms with van der Waals surface area (Å²) in [5.74, 6) is 2.68. The number of furan rings is 1. The van der Waals surface area contributed by atoms with E-state index in [1.807, 2.05) is 30.3 Å². The fourth-order valence-corrected chi connectivity index (χ4v) is 7.90. The lowest BCUT2D eigenvalue weighted by molar-refractivity contribution is 0.272. The highest BCUT2D eigenvalue weighted by Crippen LogP contribution is 2.50. The summed E-state index contributed by atoms with van der Waals surface area (Å²) in [6.45, 7) is 0. The van der Waals surface area contributed by atoms with Crippen molar-refractivity contribution in [3.63, 3.8) is 0 Å². The van der Waals surface area contributed by atoms with Crippen LogP contribution in [0.5, 0.6) is 5.75 Å². The molecule has 0 spiro atoms. The molecule has 52 heavy (non-hydrogen) atoms. The zero-order valence-corrected chi connectivity index (χ0v) is 27.9. The summed E-state index contributed by atoms with van der Waals surface area (Å²) in [5.41, 5.74) is 7.80. The first kappa shape index (κ1) is 28.9. The highest BCUT2D eigenvalue weighted by molar-refractivity contribution is 6.06. The van der Waals surface area contributed by atoms with E-state index in [-0.39, 0.29) is 12.0 Å². The van der Waals surface area contributed by atoms with Gasteiger partial charge in [0.05, 0.1) is 5.92 Å². The highest BCUT2D eigenvalue weighted by Gasteiger charge is 2.40. The van der Waals surface area contributed by atoms with E-state index in [9.17, 15) is 0 Å². The number of fused-ring (bicyclic) bond motifs is 8. The van der Waals surface area contributed by atoms with Crippen molar-refractivity contribution in [1.29, 1.82) is 0 Å². The molecule has 11 rings (SSSR count). The van der Waals surface area contributed by atoms with Gasteiger partial charge in [0.25, 0.3) is 0 Å². The van der Waals surface area contributed by atoms with Gasteiger partial charge in [0, 0.05) is 33.0 Å². The topological polar surface area (TPSA) is 61.0 Å². The molecule has 2 atom stereocenters. The predicted molar refractivity (Wildman–Crippen MR) is 209 cm³/mol. The quantitative estimate of drug-likeness (QED) is 0.187. The fraction of sp³-hybridized carbons (Fsp3) is 0.0426. The van der Waals surface area contributed by atoms with Crippen LogP contribution in [0.25, 0.3) is 77.4 Å². The molecule has 5 heteroatoms. The molecular formula is C47H29N3O2. The first-order valence-electron chi connectivity index (χ1n) is 17.6. The van der Waals surface area contributed by atoms with Gasteiger partial charge >= 0.3 is 0 Å². The summed E-state index contributed by atoms with van der Waals surface area (Å²) in [6, 6.07) is 52.5. The maximum Gasteiger partial charge on any atom is 0.164 e. The average Bonchev–Trinajstić information content (AvgIpc) is 3.78. The molecule has 244 valence electrons. The molecule has 0 saturated heterocycles. The summed E-state index contributed by atoms with van der Waals surface area (Å²) in [5, 5.41) is 6.82. The molecule has 0 N–H and O–H groups in total. The van der Waals surface area contributed by atoms with E-state index >= 15 is 0 Å². The Hall–Kier alpha value is -6.85. The first-order chi connectivity index (χ1) is 25.7. The molecule has 2 aliphatic rings. The van der Waals surface area contributed by atoms with Gasteiger partial charge in [-0.25, -0.2) is 15.0 Å². The average molecular weight is 668 g/mol. The van der Waals surface area contributed by atoms with Crippen molar-refractivity contribution in [2.45, 2.75) is 12.0 Å². The lowest BCUT2D eigenvalue weighted by Gasteiger charge is -2.25. The van der Waals surface area contributed by atoms with Gasteiger partial charge in [0.15, 0.2) is 17.5 Å². The normalized spacial score (nSPS) is 16.5. The molecule has 3 heterocycles. The molecular weight excluding hydrogens is 639 g/mol. The fourth-order valence-electron chi connectivity index (χ4n) is 7.90. The molecule has 9 aromatic rings. The van der Waals surface area contributed by atoms with Crippen LogP contribution in [0.2, 0.25) is 0 Å². The van der Waals surface area contributed by atoms with Crippen LogP contribution in [0.15, 0.2) is 168 Å². The Morgan fingerprint density at radius 1 is 0.462 bits per heavy atom. The second kappa shape index (κ2) is 11.3. The maximum atomic E-state index is 6.66. The van der Waals surface area contributed by atoms with E-state index in [1.165, 1.54) is 10.8 Å².